The van der Waals surface area contributed by atoms with E-state index in [-0.39, 0.29) is 12.1 Å². The predicted molar refractivity (Wildman–Crippen MR) is 57.9 cm³/mol. The van der Waals surface area contributed by atoms with E-state index in [2.05, 4.69) is 15.1 Å². The maximum Gasteiger partial charge on any atom is 0.342 e. The number of rotatable bonds is 3. The molecule has 0 aliphatic carbocycles. The molecule has 1 atom stereocenters. The van der Waals surface area contributed by atoms with E-state index in [1.807, 2.05) is 19.1 Å². The van der Waals surface area contributed by atoms with E-state index in [9.17, 15) is 0 Å². The second-order valence-electron chi connectivity index (χ2n) is 3.49. The number of hydrogen-bond acceptors (Lipinski definition) is 5. The summed E-state index contributed by atoms with van der Waals surface area (Å²) >= 11 is 0. The van der Waals surface area contributed by atoms with E-state index in [1.54, 1.807) is 24.3 Å². The summed E-state index contributed by atoms with van der Waals surface area (Å²) < 4.78 is 7.02. The molecule has 2 heterocycles. The summed E-state index contributed by atoms with van der Waals surface area (Å²) in [7, 11) is 1.77. The zero-order chi connectivity index (χ0) is 11.5. The summed E-state index contributed by atoms with van der Waals surface area (Å²) in [5, 5.41) is 4.01. The minimum atomic E-state index is -0.146. The SMILES string of the molecule is C[C@H](N)c1cccnc1Oc1ncn(C)n1. The van der Waals surface area contributed by atoms with E-state index in [0.717, 1.165) is 5.56 Å². The van der Waals surface area contributed by atoms with Crippen molar-refractivity contribution in [1.82, 2.24) is 19.7 Å². The van der Waals surface area contributed by atoms with Gasteiger partial charge < -0.3 is 10.5 Å². The first-order valence-electron chi connectivity index (χ1n) is 4.91. The molecule has 0 amide bonds. The number of aromatic nitrogens is 4. The Kier molecular flexibility index (Phi) is 2.82. The van der Waals surface area contributed by atoms with Crippen LogP contribution in [0.15, 0.2) is 24.7 Å². The van der Waals surface area contributed by atoms with Crippen LogP contribution in [0.3, 0.4) is 0 Å². The van der Waals surface area contributed by atoms with Gasteiger partial charge >= 0.3 is 6.01 Å². The van der Waals surface area contributed by atoms with Gasteiger partial charge in [-0.1, -0.05) is 6.07 Å². The number of ether oxygens (including phenoxy) is 1. The van der Waals surface area contributed by atoms with E-state index in [1.165, 1.54) is 0 Å². The third-order valence-corrected chi connectivity index (χ3v) is 2.06. The molecule has 0 saturated heterocycles. The van der Waals surface area contributed by atoms with Crippen LogP contribution in [0.2, 0.25) is 0 Å². The summed E-state index contributed by atoms with van der Waals surface area (Å²) in [5.74, 6) is 0.448. The first-order valence-corrected chi connectivity index (χ1v) is 4.91. The number of hydrogen-bond donors (Lipinski definition) is 1. The van der Waals surface area contributed by atoms with Crippen molar-refractivity contribution in [2.24, 2.45) is 12.8 Å². The van der Waals surface area contributed by atoms with E-state index in [0.29, 0.717) is 5.88 Å². The van der Waals surface area contributed by atoms with Crippen LogP contribution in [0, 0.1) is 0 Å². The average molecular weight is 219 g/mol. The third-order valence-electron chi connectivity index (χ3n) is 2.06. The molecule has 0 aliphatic rings. The molecule has 2 aromatic heterocycles. The highest BCUT2D eigenvalue weighted by molar-refractivity contribution is 5.29. The highest BCUT2D eigenvalue weighted by atomic mass is 16.5. The van der Waals surface area contributed by atoms with Crippen LogP contribution in [0.1, 0.15) is 18.5 Å². The highest BCUT2D eigenvalue weighted by Gasteiger charge is 2.11. The average Bonchev–Trinajstić information content (AvgIpc) is 2.64. The zero-order valence-electron chi connectivity index (χ0n) is 9.16. The number of pyridine rings is 1. The van der Waals surface area contributed by atoms with Gasteiger partial charge in [0.15, 0.2) is 0 Å². The summed E-state index contributed by atoms with van der Waals surface area (Å²) in [6.07, 6.45) is 3.20. The Morgan fingerprint density at radius 3 is 2.88 bits per heavy atom. The van der Waals surface area contributed by atoms with E-state index < -0.39 is 0 Å². The lowest BCUT2D eigenvalue weighted by atomic mass is 10.1. The van der Waals surface area contributed by atoms with Crippen LogP contribution < -0.4 is 10.5 Å². The van der Waals surface area contributed by atoms with Crippen LogP contribution in [-0.2, 0) is 7.05 Å². The number of nitrogens with two attached hydrogens (primary N) is 1. The van der Waals surface area contributed by atoms with Crippen LogP contribution in [0.5, 0.6) is 11.9 Å². The molecule has 0 unspecified atom stereocenters. The molecule has 0 bridgehead atoms. The second-order valence-corrected chi connectivity index (χ2v) is 3.49. The smallest absolute Gasteiger partial charge is 0.342 e. The van der Waals surface area contributed by atoms with Crippen LogP contribution >= 0.6 is 0 Å². The van der Waals surface area contributed by atoms with Gasteiger partial charge in [-0.05, 0) is 13.0 Å². The first kappa shape index (κ1) is 10.6. The Morgan fingerprint density at radius 2 is 2.25 bits per heavy atom. The Labute approximate surface area is 93.1 Å². The van der Waals surface area contributed by atoms with Crippen molar-refractivity contribution in [2.75, 3.05) is 0 Å². The minimum absolute atomic E-state index is 0.146. The fourth-order valence-corrected chi connectivity index (χ4v) is 1.29. The maximum atomic E-state index is 5.81. The first-order chi connectivity index (χ1) is 7.66. The van der Waals surface area contributed by atoms with Gasteiger partial charge in [0, 0.05) is 24.8 Å². The van der Waals surface area contributed by atoms with Gasteiger partial charge in [0.25, 0.3) is 0 Å². The number of aryl methyl sites for hydroxylation is 1. The highest BCUT2D eigenvalue weighted by Crippen LogP contribution is 2.23. The summed E-state index contributed by atoms with van der Waals surface area (Å²) in [6.45, 7) is 1.87. The van der Waals surface area contributed by atoms with Gasteiger partial charge in [-0.2, -0.15) is 4.98 Å². The standard InChI is InChI=1S/C10H13N5O/c1-7(11)8-4-3-5-12-9(8)16-10-13-6-15(2)14-10/h3-7H,11H2,1-2H3/t7-/m0/s1. The molecule has 6 heteroatoms. The molecule has 0 radical (unpaired) electrons. The Balaban J connectivity index is 2.27. The van der Waals surface area contributed by atoms with Crippen LogP contribution in [0.25, 0.3) is 0 Å². The maximum absolute atomic E-state index is 5.81. The topological polar surface area (TPSA) is 78.9 Å². The molecule has 6 nitrogen and oxygen atoms in total. The molecule has 0 aliphatic heterocycles. The fourth-order valence-electron chi connectivity index (χ4n) is 1.29. The fraction of sp³-hybridized carbons (Fsp3) is 0.300. The second kappa shape index (κ2) is 4.28. The minimum Gasteiger partial charge on any atom is -0.404 e. The zero-order valence-corrected chi connectivity index (χ0v) is 9.16. The number of nitrogens with zero attached hydrogens (tertiary/aromatic N) is 4. The largest absolute Gasteiger partial charge is 0.404 e. The quantitative estimate of drug-likeness (QED) is 0.833. The van der Waals surface area contributed by atoms with E-state index in [4.69, 9.17) is 10.5 Å². The molecule has 2 rings (SSSR count). The molecular weight excluding hydrogens is 206 g/mol. The van der Waals surface area contributed by atoms with Crippen molar-refractivity contribution in [3.8, 4) is 11.9 Å². The Hall–Kier alpha value is -1.95. The van der Waals surface area contributed by atoms with Gasteiger partial charge in [-0.3, -0.25) is 4.68 Å². The molecule has 0 fully saturated rings. The summed E-state index contributed by atoms with van der Waals surface area (Å²) in [6, 6.07) is 3.81. The molecule has 0 aromatic carbocycles. The van der Waals surface area contributed by atoms with Crippen molar-refractivity contribution in [3.05, 3.63) is 30.2 Å². The van der Waals surface area contributed by atoms with Crippen molar-refractivity contribution >= 4 is 0 Å². The lowest BCUT2D eigenvalue weighted by Crippen LogP contribution is -2.07. The van der Waals surface area contributed by atoms with E-state index >= 15 is 0 Å². The lowest BCUT2D eigenvalue weighted by molar-refractivity contribution is 0.414. The van der Waals surface area contributed by atoms with Crippen molar-refractivity contribution in [3.63, 3.8) is 0 Å². The van der Waals surface area contributed by atoms with Gasteiger partial charge in [0.1, 0.15) is 6.33 Å². The van der Waals surface area contributed by atoms with Crippen molar-refractivity contribution < 1.29 is 4.74 Å². The third kappa shape index (κ3) is 2.17. The molecule has 84 valence electrons. The van der Waals surface area contributed by atoms with Crippen molar-refractivity contribution in [1.29, 1.82) is 0 Å². The van der Waals surface area contributed by atoms with Gasteiger partial charge in [0.05, 0.1) is 0 Å². The van der Waals surface area contributed by atoms with Gasteiger partial charge in [0.2, 0.25) is 5.88 Å². The Morgan fingerprint density at radius 1 is 1.44 bits per heavy atom. The predicted octanol–water partition coefficient (Wildman–Crippen LogP) is 1.02. The molecular formula is C10H13N5O. The molecule has 16 heavy (non-hydrogen) atoms. The van der Waals surface area contributed by atoms with Crippen LogP contribution in [-0.4, -0.2) is 19.7 Å². The summed E-state index contributed by atoms with van der Waals surface area (Å²) in [4.78, 5) is 8.07. The Bertz CT molecular complexity index is 480. The monoisotopic (exact) mass is 219 g/mol. The van der Waals surface area contributed by atoms with Crippen molar-refractivity contribution in [2.45, 2.75) is 13.0 Å². The molecule has 2 N–H and O–H groups in total. The molecule has 0 saturated carbocycles. The van der Waals surface area contributed by atoms with Gasteiger partial charge in [-0.25, -0.2) is 4.98 Å². The summed E-state index contributed by atoms with van der Waals surface area (Å²) in [5.41, 5.74) is 6.64. The molecule has 2 aromatic rings. The van der Waals surface area contributed by atoms with Gasteiger partial charge in [-0.15, -0.1) is 5.10 Å². The van der Waals surface area contributed by atoms with Crippen LogP contribution in [0.4, 0.5) is 0 Å². The lowest BCUT2D eigenvalue weighted by Gasteiger charge is -2.09. The molecule has 0 spiro atoms. The normalized spacial score (nSPS) is 12.4.